The molecular formula is C36H30N4O3S. The van der Waals surface area contributed by atoms with E-state index in [9.17, 15) is 4.79 Å². The number of nitrogens with one attached hydrogen (secondary N) is 2. The average Bonchev–Trinajstić information content (AvgIpc) is 3.53. The van der Waals surface area contributed by atoms with Crippen molar-refractivity contribution in [2.45, 2.75) is 13.5 Å². The van der Waals surface area contributed by atoms with E-state index in [4.69, 9.17) is 9.47 Å². The second-order valence-corrected chi connectivity index (χ2v) is 10.7. The van der Waals surface area contributed by atoms with Gasteiger partial charge in [0.25, 0.3) is 5.91 Å². The number of fused-ring (bicyclic) bond motifs is 1. The monoisotopic (exact) mass is 598 g/mol. The lowest BCUT2D eigenvalue weighted by atomic mass is 10.1. The molecule has 44 heavy (non-hydrogen) atoms. The predicted octanol–water partition coefficient (Wildman–Crippen LogP) is 8.45. The van der Waals surface area contributed by atoms with Gasteiger partial charge in [-0.3, -0.25) is 4.79 Å². The number of ether oxygens (including phenoxy) is 2. The zero-order valence-electron chi connectivity index (χ0n) is 24.1. The van der Waals surface area contributed by atoms with E-state index in [0.29, 0.717) is 30.3 Å². The molecule has 5 aromatic carbocycles. The highest BCUT2D eigenvalue weighted by molar-refractivity contribution is 7.14. The molecule has 6 rings (SSSR count). The molecule has 7 nitrogen and oxygen atoms in total. The highest BCUT2D eigenvalue weighted by atomic mass is 32.1. The lowest BCUT2D eigenvalue weighted by molar-refractivity contribution is 0.0955. The molecule has 0 saturated heterocycles. The van der Waals surface area contributed by atoms with Crippen LogP contribution in [0.2, 0.25) is 0 Å². The van der Waals surface area contributed by atoms with E-state index in [1.165, 1.54) is 16.7 Å². The fourth-order valence-electron chi connectivity index (χ4n) is 4.70. The minimum Gasteiger partial charge on any atom is -0.490 e. The fraction of sp³-hybridized carbons (Fsp3) is 0.0833. The molecule has 1 amide bonds. The molecule has 0 aliphatic carbocycles. The van der Waals surface area contributed by atoms with Gasteiger partial charge < -0.3 is 14.8 Å². The van der Waals surface area contributed by atoms with Crippen LogP contribution in [-0.4, -0.2) is 23.7 Å². The van der Waals surface area contributed by atoms with E-state index in [1.54, 1.807) is 18.3 Å². The minimum atomic E-state index is -0.308. The number of para-hydroxylation sites is 1. The van der Waals surface area contributed by atoms with E-state index in [-0.39, 0.29) is 5.91 Å². The number of amides is 1. The van der Waals surface area contributed by atoms with Gasteiger partial charge in [-0.1, -0.05) is 72.8 Å². The minimum absolute atomic E-state index is 0.308. The molecule has 0 aliphatic heterocycles. The molecule has 0 atom stereocenters. The number of aromatic nitrogens is 1. The Kier molecular flexibility index (Phi) is 8.90. The number of nitrogens with zero attached hydrogens (tertiary/aromatic N) is 2. The summed E-state index contributed by atoms with van der Waals surface area (Å²) in [5, 5.41) is 12.6. The Labute approximate surface area is 259 Å². The third-order valence-electron chi connectivity index (χ3n) is 6.88. The summed E-state index contributed by atoms with van der Waals surface area (Å²) in [7, 11) is 0. The van der Waals surface area contributed by atoms with E-state index < -0.39 is 0 Å². The van der Waals surface area contributed by atoms with Gasteiger partial charge >= 0.3 is 0 Å². The van der Waals surface area contributed by atoms with Crippen LogP contribution in [0.3, 0.4) is 0 Å². The van der Waals surface area contributed by atoms with Gasteiger partial charge in [0, 0.05) is 22.2 Å². The Morgan fingerprint density at radius 1 is 0.864 bits per heavy atom. The predicted molar refractivity (Wildman–Crippen MR) is 178 cm³/mol. The third-order valence-corrected chi connectivity index (χ3v) is 7.64. The molecule has 218 valence electrons. The summed E-state index contributed by atoms with van der Waals surface area (Å²) in [6.07, 6.45) is 1.58. The second kappa shape index (κ2) is 13.7. The number of anilines is 2. The number of benzene rings is 5. The Morgan fingerprint density at radius 3 is 2.50 bits per heavy atom. The quantitative estimate of drug-likeness (QED) is 0.115. The maximum Gasteiger partial charge on any atom is 0.271 e. The van der Waals surface area contributed by atoms with Crippen LogP contribution in [0.1, 0.15) is 28.4 Å². The maximum atomic E-state index is 12.7. The maximum absolute atomic E-state index is 12.7. The molecule has 2 N–H and O–H groups in total. The summed E-state index contributed by atoms with van der Waals surface area (Å²) >= 11 is 1.53. The summed E-state index contributed by atoms with van der Waals surface area (Å²) in [5.41, 5.74) is 7.72. The molecule has 0 unspecified atom stereocenters. The van der Waals surface area contributed by atoms with E-state index in [2.05, 4.69) is 45.1 Å². The molecule has 0 fully saturated rings. The van der Waals surface area contributed by atoms with Crippen LogP contribution in [0.5, 0.6) is 11.5 Å². The number of hydrazone groups is 1. The van der Waals surface area contributed by atoms with Crippen LogP contribution in [0.4, 0.5) is 10.8 Å². The van der Waals surface area contributed by atoms with Gasteiger partial charge in [0.05, 0.1) is 18.5 Å². The van der Waals surface area contributed by atoms with Crippen molar-refractivity contribution in [1.82, 2.24) is 10.4 Å². The number of thiazole rings is 1. The first-order valence-corrected chi connectivity index (χ1v) is 15.1. The Balaban J connectivity index is 1.06. The highest BCUT2D eigenvalue weighted by Gasteiger charge is 2.10. The van der Waals surface area contributed by atoms with Crippen molar-refractivity contribution in [3.63, 3.8) is 0 Å². The Bertz CT molecular complexity index is 1900. The van der Waals surface area contributed by atoms with E-state index >= 15 is 0 Å². The number of hydrogen-bond donors (Lipinski definition) is 2. The van der Waals surface area contributed by atoms with Gasteiger partial charge in [0.1, 0.15) is 6.61 Å². The highest BCUT2D eigenvalue weighted by Crippen LogP contribution is 2.30. The van der Waals surface area contributed by atoms with Crippen molar-refractivity contribution in [1.29, 1.82) is 0 Å². The fourth-order valence-corrected chi connectivity index (χ4v) is 5.44. The molecule has 1 heterocycles. The third kappa shape index (κ3) is 6.94. The van der Waals surface area contributed by atoms with Gasteiger partial charge in [-0.15, -0.1) is 11.3 Å². The van der Waals surface area contributed by atoms with E-state index in [1.807, 2.05) is 91.2 Å². The molecular weight excluding hydrogens is 568 g/mol. The van der Waals surface area contributed by atoms with Gasteiger partial charge in [-0.2, -0.15) is 5.10 Å². The molecule has 0 radical (unpaired) electrons. The zero-order chi connectivity index (χ0) is 30.1. The smallest absolute Gasteiger partial charge is 0.271 e. The SMILES string of the molecule is CCOc1cc(/C=N\NC(=O)c2ccc(-c3csc(Nc4ccccc4)n3)cc2)ccc1OCc1cccc2ccccc12. The van der Waals surface area contributed by atoms with Crippen LogP contribution in [0.15, 0.2) is 126 Å². The molecule has 0 saturated carbocycles. The Hall–Kier alpha value is -5.47. The number of rotatable bonds is 11. The summed E-state index contributed by atoms with van der Waals surface area (Å²) in [6.45, 7) is 2.83. The van der Waals surface area contributed by atoms with Gasteiger partial charge in [-0.05, 0) is 71.3 Å². The summed E-state index contributed by atoms with van der Waals surface area (Å²) in [6, 6.07) is 37.2. The number of hydrogen-bond acceptors (Lipinski definition) is 7. The molecule has 0 spiro atoms. The second-order valence-electron chi connectivity index (χ2n) is 9.87. The molecule has 0 bridgehead atoms. The van der Waals surface area contributed by atoms with Gasteiger partial charge in [0.2, 0.25) is 0 Å². The first kappa shape index (κ1) is 28.6. The van der Waals surface area contributed by atoms with Crippen molar-refractivity contribution in [2.75, 3.05) is 11.9 Å². The van der Waals surface area contributed by atoms with Crippen LogP contribution in [0, 0.1) is 0 Å². The van der Waals surface area contributed by atoms with Crippen molar-refractivity contribution < 1.29 is 14.3 Å². The molecule has 0 aliphatic rings. The van der Waals surface area contributed by atoms with Gasteiger partial charge in [-0.25, -0.2) is 10.4 Å². The summed E-state index contributed by atoms with van der Waals surface area (Å²) < 4.78 is 12.0. The standard InChI is InChI=1S/C36H30N4O3S/c1-2-42-34-21-25(15-20-33(34)43-23-29-11-8-10-26-9-6-7-14-31(26)29)22-37-40-35(41)28-18-16-27(17-19-28)32-24-44-36(39-32)38-30-12-4-3-5-13-30/h3-22,24H,2,23H2,1H3,(H,38,39)(H,40,41)/b37-22-. The molecule has 1 aromatic heterocycles. The molecule has 6 aromatic rings. The Morgan fingerprint density at radius 2 is 1.66 bits per heavy atom. The first-order chi connectivity index (χ1) is 21.7. The zero-order valence-corrected chi connectivity index (χ0v) is 24.9. The number of carbonyl (C=O) groups excluding carboxylic acids is 1. The lowest BCUT2D eigenvalue weighted by Gasteiger charge is -2.13. The summed E-state index contributed by atoms with van der Waals surface area (Å²) in [5.74, 6) is 0.949. The summed E-state index contributed by atoms with van der Waals surface area (Å²) in [4.78, 5) is 17.4. The first-order valence-electron chi connectivity index (χ1n) is 14.2. The van der Waals surface area contributed by atoms with Crippen molar-refractivity contribution >= 4 is 45.0 Å². The average molecular weight is 599 g/mol. The van der Waals surface area contributed by atoms with Crippen LogP contribution in [-0.2, 0) is 6.61 Å². The van der Waals surface area contributed by atoms with Crippen molar-refractivity contribution in [2.24, 2.45) is 5.10 Å². The topological polar surface area (TPSA) is 84.8 Å². The number of carbonyl (C=O) groups is 1. The van der Waals surface area contributed by atoms with Crippen LogP contribution >= 0.6 is 11.3 Å². The normalized spacial score (nSPS) is 11.0. The largest absolute Gasteiger partial charge is 0.490 e. The lowest BCUT2D eigenvalue weighted by Crippen LogP contribution is -2.17. The van der Waals surface area contributed by atoms with Crippen LogP contribution in [0.25, 0.3) is 22.0 Å². The van der Waals surface area contributed by atoms with Crippen molar-refractivity contribution in [3.8, 4) is 22.8 Å². The van der Waals surface area contributed by atoms with Crippen molar-refractivity contribution in [3.05, 3.63) is 137 Å². The molecule has 8 heteroatoms. The van der Waals surface area contributed by atoms with Gasteiger partial charge in [0.15, 0.2) is 16.6 Å². The van der Waals surface area contributed by atoms with E-state index in [0.717, 1.165) is 38.6 Å². The van der Waals surface area contributed by atoms with Crippen LogP contribution < -0.4 is 20.2 Å².